The molecule has 0 aliphatic carbocycles. The van der Waals surface area contributed by atoms with E-state index in [0.29, 0.717) is 16.3 Å². The van der Waals surface area contributed by atoms with Crippen LogP contribution in [0.3, 0.4) is 0 Å². The Hall–Kier alpha value is -3.04. The molecule has 0 amide bonds. The second kappa shape index (κ2) is 7.02. The number of allylic oxidation sites excluding steroid dienone is 1. The van der Waals surface area contributed by atoms with Crippen LogP contribution in [-0.4, -0.2) is 4.98 Å². The molecule has 0 radical (unpaired) electrons. The third-order valence-electron chi connectivity index (χ3n) is 3.23. The first kappa shape index (κ1) is 15.8. The van der Waals surface area contributed by atoms with Crippen molar-refractivity contribution in [2.75, 3.05) is 5.32 Å². The minimum Gasteiger partial charge on any atom is -0.360 e. The number of rotatable bonds is 4. The lowest BCUT2D eigenvalue weighted by atomic mass is 10.2. The third kappa shape index (κ3) is 3.47. The molecular weight excluding hydrogens is 328 g/mol. The Balaban J connectivity index is 1.82. The van der Waals surface area contributed by atoms with Crippen LogP contribution in [0.2, 0.25) is 0 Å². The van der Waals surface area contributed by atoms with Crippen molar-refractivity contribution >= 4 is 22.6 Å². The first-order chi connectivity index (χ1) is 11.7. The lowest BCUT2D eigenvalue weighted by Gasteiger charge is -2.02. The van der Waals surface area contributed by atoms with E-state index in [0.717, 1.165) is 23.4 Å². The number of thiazole rings is 1. The van der Waals surface area contributed by atoms with E-state index in [1.54, 1.807) is 0 Å². The minimum absolute atomic E-state index is 0.312. The number of aromatic nitrogens is 1. The van der Waals surface area contributed by atoms with Crippen LogP contribution in [-0.2, 0) is 0 Å². The molecule has 0 aliphatic rings. The van der Waals surface area contributed by atoms with Crippen molar-refractivity contribution in [3.8, 4) is 17.3 Å². The van der Waals surface area contributed by atoms with Gasteiger partial charge in [-0.1, -0.05) is 30.3 Å². The summed E-state index contributed by atoms with van der Waals surface area (Å²) in [7, 11) is 0. The number of halogens is 2. The summed E-state index contributed by atoms with van der Waals surface area (Å²) in [5.74, 6) is -1.87. The summed E-state index contributed by atoms with van der Waals surface area (Å²) >= 11 is 1.34. The van der Waals surface area contributed by atoms with Gasteiger partial charge in [-0.25, -0.2) is 13.8 Å². The summed E-state index contributed by atoms with van der Waals surface area (Å²) in [5, 5.41) is 14.5. The van der Waals surface area contributed by atoms with Crippen molar-refractivity contribution in [2.24, 2.45) is 0 Å². The normalized spacial score (nSPS) is 11.1. The summed E-state index contributed by atoms with van der Waals surface area (Å²) in [6, 6.07) is 15.1. The van der Waals surface area contributed by atoms with E-state index in [4.69, 9.17) is 0 Å². The van der Waals surface area contributed by atoms with Gasteiger partial charge >= 0.3 is 0 Å². The van der Waals surface area contributed by atoms with Gasteiger partial charge < -0.3 is 5.32 Å². The van der Waals surface area contributed by atoms with Crippen LogP contribution in [0.5, 0.6) is 0 Å². The first-order valence-electron chi connectivity index (χ1n) is 7.00. The van der Waals surface area contributed by atoms with Crippen molar-refractivity contribution in [1.29, 1.82) is 5.26 Å². The molecule has 3 rings (SSSR count). The maximum absolute atomic E-state index is 13.2. The van der Waals surface area contributed by atoms with Crippen LogP contribution in [0.1, 0.15) is 5.01 Å². The Bertz CT molecular complexity index is 927. The molecular formula is C18H11F2N3S. The van der Waals surface area contributed by atoms with Gasteiger partial charge in [-0.2, -0.15) is 5.26 Å². The van der Waals surface area contributed by atoms with Crippen molar-refractivity contribution in [3.05, 3.63) is 76.8 Å². The van der Waals surface area contributed by atoms with E-state index in [1.807, 2.05) is 35.7 Å². The minimum atomic E-state index is -0.951. The Morgan fingerprint density at radius 3 is 2.62 bits per heavy atom. The van der Waals surface area contributed by atoms with Gasteiger partial charge in [0, 0.05) is 28.9 Å². The fourth-order valence-electron chi connectivity index (χ4n) is 2.02. The number of nitrogens with zero attached hydrogens (tertiary/aromatic N) is 2. The zero-order chi connectivity index (χ0) is 16.9. The quantitative estimate of drug-likeness (QED) is 0.676. The molecule has 6 heteroatoms. The Kier molecular flexibility index (Phi) is 4.64. The van der Waals surface area contributed by atoms with Crippen LogP contribution in [0.15, 0.2) is 60.1 Å². The van der Waals surface area contributed by atoms with E-state index in [2.05, 4.69) is 16.4 Å². The van der Waals surface area contributed by atoms with Crippen LogP contribution < -0.4 is 5.32 Å². The predicted octanol–water partition coefficient (Wildman–Crippen LogP) is 5.06. The fourth-order valence-corrected chi connectivity index (χ4v) is 2.82. The number of anilines is 1. The molecule has 2 aromatic carbocycles. The van der Waals surface area contributed by atoms with Crippen molar-refractivity contribution in [1.82, 2.24) is 4.98 Å². The number of nitriles is 1. The predicted molar refractivity (Wildman–Crippen MR) is 91.1 cm³/mol. The highest BCUT2D eigenvalue weighted by atomic mass is 32.1. The average Bonchev–Trinajstić information content (AvgIpc) is 3.09. The van der Waals surface area contributed by atoms with Gasteiger partial charge in [0.2, 0.25) is 0 Å². The Morgan fingerprint density at radius 1 is 1.12 bits per heavy atom. The molecule has 0 atom stereocenters. The average molecular weight is 339 g/mol. The highest BCUT2D eigenvalue weighted by Crippen LogP contribution is 2.26. The van der Waals surface area contributed by atoms with Crippen LogP contribution in [0, 0.1) is 23.0 Å². The summed E-state index contributed by atoms with van der Waals surface area (Å²) < 4.78 is 26.1. The molecule has 0 aliphatic heterocycles. The second-order valence-corrected chi connectivity index (χ2v) is 5.71. The SMILES string of the molecule is N#CC(=CNc1ccc(F)c(F)c1)c1nc(-c2ccccc2)cs1. The molecule has 0 unspecified atom stereocenters. The smallest absolute Gasteiger partial charge is 0.160 e. The zero-order valence-electron chi connectivity index (χ0n) is 12.3. The van der Waals surface area contributed by atoms with Gasteiger partial charge in [-0.15, -0.1) is 11.3 Å². The van der Waals surface area contributed by atoms with Gasteiger partial charge in [-0.05, 0) is 12.1 Å². The molecule has 3 nitrogen and oxygen atoms in total. The van der Waals surface area contributed by atoms with E-state index < -0.39 is 11.6 Å². The van der Waals surface area contributed by atoms with Gasteiger partial charge in [0.05, 0.1) is 5.69 Å². The largest absolute Gasteiger partial charge is 0.360 e. The topological polar surface area (TPSA) is 48.7 Å². The molecule has 0 fully saturated rings. The number of hydrogen-bond acceptors (Lipinski definition) is 4. The molecule has 3 aromatic rings. The Morgan fingerprint density at radius 2 is 1.92 bits per heavy atom. The molecule has 0 saturated heterocycles. The summed E-state index contributed by atoms with van der Waals surface area (Å²) in [6.07, 6.45) is 1.43. The highest BCUT2D eigenvalue weighted by molar-refractivity contribution is 7.11. The maximum atomic E-state index is 13.2. The van der Waals surface area contributed by atoms with Gasteiger partial charge in [0.15, 0.2) is 11.6 Å². The Labute approximate surface area is 141 Å². The molecule has 0 spiro atoms. The molecule has 118 valence electrons. The van der Waals surface area contributed by atoms with E-state index in [9.17, 15) is 14.0 Å². The zero-order valence-corrected chi connectivity index (χ0v) is 13.1. The van der Waals surface area contributed by atoms with Gasteiger partial charge in [0.25, 0.3) is 0 Å². The van der Waals surface area contributed by atoms with Crippen molar-refractivity contribution in [3.63, 3.8) is 0 Å². The molecule has 1 heterocycles. The van der Waals surface area contributed by atoms with E-state index >= 15 is 0 Å². The van der Waals surface area contributed by atoms with Crippen LogP contribution in [0.4, 0.5) is 14.5 Å². The van der Waals surface area contributed by atoms with E-state index in [-0.39, 0.29) is 0 Å². The van der Waals surface area contributed by atoms with Crippen LogP contribution >= 0.6 is 11.3 Å². The summed E-state index contributed by atoms with van der Waals surface area (Å²) in [6.45, 7) is 0. The van der Waals surface area contributed by atoms with Crippen molar-refractivity contribution < 1.29 is 8.78 Å². The van der Waals surface area contributed by atoms with Gasteiger partial charge in [0.1, 0.15) is 16.6 Å². The first-order valence-corrected chi connectivity index (χ1v) is 7.88. The summed E-state index contributed by atoms with van der Waals surface area (Å²) in [4.78, 5) is 4.45. The lowest BCUT2D eigenvalue weighted by molar-refractivity contribution is 0.509. The number of hydrogen-bond donors (Lipinski definition) is 1. The second-order valence-electron chi connectivity index (χ2n) is 4.85. The number of benzene rings is 2. The molecule has 0 bridgehead atoms. The lowest BCUT2D eigenvalue weighted by Crippen LogP contribution is -1.93. The van der Waals surface area contributed by atoms with Gasteiger partial charge in [-0.3, -0.25) is 0 Å². The number of nitrogens with one attached hydrogen (secondary N) is 1. The third-order valence-corrected chi connectivity index (χ3v) is 4.10. The highest BCUT2D eigenvalue weighted by Gasteiger charge is 2.09. The molecule has 0 saturated carbocycles. The van der Waals surface area contributed by atoms with Crippen LogP contribution in [0.25, 0.3) is 16.8 Å². The molecule has 24 heavy (non-hydrogen) atoms. The van der Waals surface area contributed by atoms with E-state index in [1.165, 1.54) is 23.6 Å². The summed E-state index contributed by atoms with van der Waals surface area (Å²) in [5.41, 5.74) is 2.41. The molecule has 1 aromatic heterocycles. The monoisotopic (exact) mass is 339 g/mol. The molecule has 1 N–H and O–H groups in total. The standard InChI is InChI=1S/C18H11F2N3S/c19-15-7-6-14(8-16(15)20)22-10-13(9-21)18-23-17(11-24-18)12-4-2-1-3-5-12/h1-8,10-11,22H. The maximum Gasteiger partial charge on any atom is 0.160 e. The fraction of sp³-hybridized carbons (Fsp3) is 0. The van der Waals surface area contributed by atoms with Crippen molar-refractivity contribution in [2.45, 2.75) is 0 Å².